The monoisotopic (exact) mass is 562 g/mol. The number of ether oxygens (including phenoxy) is 2. The molecule has 0 saturated heterocycles. The van der Waals surface area contributed by atoms with Crippen molar-refractivity contribution < 1.29 is 23.9 Å². The van der Waals surface area contributed by atoms with Gasteiger partial charge in [-0.15, -0.1) is 0 Å². The highest BCUT2D eigenvalue weighted by molar-refractivity contribution is 6.34. The first-order valence-corrected chi connectivity index (χ1v) is 10.8. The Morgan fingerprint density at radius 3 is 1.46 bits per heavy atom. The number of Topliss-reactive ketones (excluding diaryl/α,β-unsaturated/α-hetero) is 3. The summed E-state index contributed by atoms with van der Waals surface area (Å²) in [5, 5.41) is 0.323. The van der Waals surface area contributed by atoms with Crippen LogP contribution in [0.15, 0.2) is 18.6 Å². The molecule has 3 aromatic rings. The van der Waals surface area contributed by atoms with Gasteiger partial charge in [0.25, 0.3) is 0 Å². The quantitative estimate of drug-likeness (QED) is 0.242. The molecule has 3 rings (SSSR count). The largest absolute Gasteiger partial charge is 0.480 e. The lowest BCUT2D eigenvalue weighted by Gasteiger charge is -2.02. The molecule has 11 nitrogen and oxygen atoms in total. The molecule has 3 aromatic heterocycles. The second-order valence-corrected chi connectivity index (χ2v) is 7.53. The number of hydrogen-bond acceptors (Lipinski definition) is 11. The van der Waals surface area contributed by atoms with Gasteiger partial charge in [-0.05, 0) is 44.0 Å². The maximum atomic E-state index is 10.9. The minimum atomic E-state index is -0.174. The molecule has 0 bridgehead atoms. The summed E-state index contributed by atoms with van der Waals surface area (Å²) in [6, 6.07) is 0.157. The Balaban J connectivity index is 0.000000263. The lowest BCUT2D eigenvalue weighted by molar-refractivity contribution is 0.100. The second-order valence-electron chi connectivity index (χ2n) is 6.14. The first-order valence-electron chi connectivity index (χ1n) is 9.25. The predicted molar refractivity (Wildman–Crippen MR) is 129 cm³/mol. The van der Waals surface area contributed by atoms with E-state index >= 15 is 0 Å². The fraction of sp³-hybridized carbons (Fsp3) is 0.250. The Hall–Kier alpha value is -2.99. The Bertz CT molecular complexity index is 1230. The van der Waals surface area contributed by atoms with Crippen LogP contribution in [0, 0.1) is 0 Å². The molecule has 0 aliphatic rings. The third kappa shape index (κ3) is 9.65. The molecule has 15 heteroatoms. The fourth-order valence-corrected chi connectivity index (χ4v) is 2.82. The van der Waals surface area contributed by atoms with Gasteiger partial charge in [0.1, 0.15) is 10.3 Å². The van der Waals surface area contributed by atoms with Crippen LogP contribution in [0.3, 0.4) is 0 Å². The molecule has 0 aliphatic heterocycles. The van der Waals surface area contributed by atoms with E-state index in [-0.39, 0.29) is 55.7 Å². The van der Waals surface area contributed by atoms with Crippen molar-refractivity contribution in [2.45, 2.75) is 20.8 Å². The van der Waals surface area contributed by atoms with E-state index in [4.69, 9.17) is 55.9 Å². The third-order valence-electron chi connectivity index (χ3n) is 3.67. The number of rotatable bonds is 5. The Labute approximate surface area is 220 Å². The van der Waals surface area contributed by atoms with Gasteiger partial charge in [0.2, 0.25) is 16.4 Å². The summed E-state index contributed by atoms with van der Waals surface area (Å²) >= 11 is 22.1. The maximum Gasteiger partial charge on any atom is 0.317 e. The van der Waals surface area contributed by atoms with Gasteiger partial charge in [-0.3, -0.25) is 14.4 Å². The molecule has 0 atom stereocenters. The SMILES string of the molecule is CC(=O)c1cnc(Cl)nc1Cl.COc1nc(Cl)ncc1C(C)=O.COc1ncc(C(C)=O)c(Cl)n1. The number of aromatic nitrogens is 6. The number of carbonyl (C=O) groups excluding carboxylic acids is 3. The van der Waals surface area contributed by atoms with Crippen LogP contribution in [0.2, 0.25) is 20.9 Å². The van der Waals surface area contributed by atoms with Crippen molar-refractivity contribution in [2.75, 3.05) is 14.2 Å². The highest BCUT2D eigenvalue weighted by atomic mass is 35.5. The first-order chi connectivity index (χ1) is 16.4. The molecule has 0 unspecified atom stereocenters. The van der Waals surface area contributed by atoms with Crippen LogP contribution >= 0.6 is 46.4 Å². The average Bonchev–Trinajstić information content (AvgIpc) is 2.78. The molecule has 35 heavy (non-hydrogen) atoms. The lowest BCUT2D eigenvalue weighted by atomic mass is 10.2. The van der Waals surface area contributed by atoms with E-state index in [2.05, 4.69) is 29.9 Å². The van der Waals surface area contributed by atoms with Crippen molar-refractivity contribution in [2.24, 2.45) is 0 Å². The molecule has 0 spiro atoms. The Kier molecular flexibility index (Phi) is 12.4. The molecule has 0 aromatic carbocycles. The molecular formula is C20H18Cl4N6O5. The first kappa shape index (κ1) is 30.0. The highest BCUT2D eigenvalue weighted by Gasteiger charge is 2.10. The van der Waals surface area contributed by atoms with Gasteiger partial charge < -0.3 is 9.47 Å². The van der Waals surface area contributed by atoms with E-state index < -0.39 is 0 Å². The zero-order chi connectivity index (χ0) is 26.7. The number of carbonyl (C=O) groups is 3. The summed E-state index contributed by atoms with van der Waals surface area (Å²) in [4.78, 5) is 54.6. The van der Waals surface area contributed by atoms with Gasteiger partial charge >= 0.3 is 6.01 Å². The average molecular weight is 564 g/mol. The van der Waals surface area contributed by atoms with Gasteiger partial charge in [0.15, 0.2) is 17.3 Å². The van der Waals surface area contributed by atoms with Crippen molar-refractivity contribution in [1.29, 1.82) is 0 Å². The summed E-state index contributed by atoms with van der Waals surface area (Å²) in [6.07, 6.45) is 3.99. The molecule has 0 amide bonds. The van der Waals surface area contributed by atoms with Gasteiger partial charge in [-0.2, -0.15) is 9.97 Å². The van der Waals surface area contributed by atoms with E-state index in [9.17, 15) is 14.4 Å². The molecule has 0 radical (unpaired) electrons. The van der Waals surface area contributed by atoms with E-state index in [1.165, 1.54) is 53.6 Å². The van der Waals surface area contributed by atoms with Crippen LogP contribution in [0.4, 0.5) is 0 Å². The van der Waals surface area contributed by atoms with Crippen LogP contribution in [-0.2, 0) is 0 Å². The minimum Gasteiger partial charge on any atom is -0.480 e. The van der Waals surface area contributed by atoms with Gasteiger partial charge in [0, 0.05) is 18.6 Å². The van der Waals surface area contributed by atoms with Crippen molar-refractivity contribution >= 4 is 63.8 Å². The second kappa shape index (κ2) is 14.4. The zero-order valence-corrected chi connectivity index (χ0v) is 22.0. The summed E-state index contributed by atoms with van der Waals surface area (Å²) in [5.74, 6) is -0.277. The summed E-state index contributed by atoms with van der Waals surface area (Å²) in [5.41, 5.74) is 0.926. The number of methoxy groups -OCH3 is 2. The molecule has 0 fully saturated rings. The standard InChI is InChI=1S/2C7H7ClN2O2.C6H4Cl2N2O/c1-4(11)5-3-9-7(8)10-6(5)12-2;1-4(11)5-3-9-7(12-2)10-6(5)8;1-3(11)4-2-9-6(8)10-5(4)7/h2*3H,1-2H3;2H,1H3. The predicted octanol–water partition coefficient (Wildman–Crippen LogP) is 4.67. The van der Waals surface area contributed by atoms with Crippen LogP contribution in [0.5, 0.6) is 11.9 Å². The van der Waals surface area contributed by atoms with E-state index in [0.29, 0.717) is 11.1 Å². The van der Waals surface area contributed by atoms with Crippen LogP contribution in [0.1, 0.15) is 51.8 Å². The van der Waals surface area contributed by atoms with E-state index in [0.717, 1.165) is 0 Å². The number of hydrogen-bond donors (Lipinski definition) is 0. The molecule has 0 saturated carbocycles. The Morgan fingerprint density at radius 1 is 0.629 bits per heavy atom. The molecule has 0 aliphatic carbocycles. The molecule has 3 heterocycles. The van der Waals surface area contributed by atoms with Crippen LogP contribution in [-0.4, -0.2) is 61.5 Å². The number of halogens is 4. The molecule has 186 valence electrons. The minimum absolute atomic E-state index is 0.0417. The number of nitrogens with zero attached hydrogens (tertiary/aromatic N) is 6. The van der Waals surface area contributed by atoms with Gasteiger partial charge in [-0.1, -0.05) is 23.2 Å². The number of ketones is 3. The van der Waals surface area contributed by atoms with Crippen LogP contribution in [0.25, 0.3) is 0 Å². The topological polar surface area (TPSA) is 147 Å². The van der Waals surface area contributed by atoms with Crippen LogP contribution < -0.4 is 9.47 Å². The molecule has 0 N–H and O–H groups in total. The van der Waals surface area contributed by atoms with Crippen molar-refractivity contribution in [3.8, 4) is 11.9 Å². The summed E-state index contributed by atoms with van der Waals surface area (Å²) in [6.45, 7) is 4.20. The van der Waals surface area contributed by atoms with Crippen molar-refractivity contribution in [3.05, 3.63) is 56.2 Å². The molecular weight excluding hydrogens is 546 g/mol. The summed E-state index contributed by atoms with van der Waals surface area (Å²) in [7, 11) is 2.85. The Morgan fingerprint density at radius 2 is 1.06 bits per heavy atom. The smallest absolute Gasteiger partial charge is 0.317 e. The maximum absolute atomic E-state index is 10.9. The lowest BCUT2D eigenvalue weighted by Crippen LogP contribution is -2.01. The van der Waals surface area contributed by atoms with E-state index in [1.54, 1.807) is 0 Å². The third-order valence-corrected chi connectivity index (χ3v) is 4.61. The zero-order valence-electron chi connectivity index (χ0n) is 19.0. The normalized spacial score (nSPS) is 9.63. The summed E-state index contributed by atoms with van der Waals surface area (Å²) < 4.78 is 9.54. The van der Waals surface area contributed by atoms with Gasteiger partial charge in [0.05, 0.1) is 30.9 Å². The fourth-order valence-electron chi connectivity index (χ4n) is 2.00. The van der Waals surface area contributed by atoms with Crippen molar-refractivity contribution in [1.82, 2.24) is 29.9 Å². The highest BCUT2D eigenvalue weighted by Crippen LogP contribution is 2.17. The van der Waals surface area contributed by atoms with E-state index in [1.807, 2.05) is 0 Å². The van der Waals surface area contributed by atoms with Gasteiger partial charge in [-0.25, -0.2) is 19.9 Å². The van der Waals surface area contributed by atoms with Crippen molar-refractivity contribution in [3.63, 3.8) is 0 Å².